The number of aromatic hydroxyl groups is 1. The largest absolute Gasteiger partial charge is 0.507 e. The Morgan fingerprint density at radius 2 is 1.81 bits per heavy atom. The van der Waals surface area contributed by atoms with E-state index in [0.29, 0.717) is 12.1 Å². The SMILES string of the molecule is CC[C@@H](CNC(=O)[C@@H](C)OC(=O)c1cccc(C)c1O)c1ccccc1. The molecule has 0 aliphatic carbocycles. The lowest BCUT2D eigenvalue weighted by Crippen LogP contribution is -2.38. The van der Waals surface area contributed by atoms with Gasteiger partial charge in [-0.25, -0.2) is 4.79 Å². The first-order valence-corrected chi connectivity index (χ1v) is 8.76. The van der Waals surface area contributed by atoms with Crippen LogP contribution in [0, 0.1) is 6.92 Å². The summed E-state index contributed by atoms with van der Waals surface area (Å²) in [5, 5.41) is 12.8. The number of rotatable bonds is 7. The van der Waals surface area contributed by atoms with Gasteiger partial charge in [0.05, 0.1) is 0 Å². The third-order valence-corrected chi connectivity index (χ3v) is 4.40. The monoisotopic (exact) mass is 355 g/mol. The van der Waals surface area contributed by atoms with Gasteiger partial charge in [0.15, 0.2) is 6.10 Å². The average Bonchev–Trinajstić information content (AvgIpc) is 2.65. The third kappa shape index (κ3) is 4.85. The maximum absolute atomic E-state index is 12.3. The number of esters is 1. The molecule has 0 aliphatic heterocycles. The van der Waals surface area contributed by atoms with Crippen LogP contribution >= 0.6 is 0 Å². The van der Waals surface area contributed by atoms with Gasteiger partial charge in [-0.15, -0.1) is 0 Å². The van der Waals surface area contributed by atoms with Gasteiger partial charge in [0.2, 0.25) is 0 Å². The predicted octanol–water partition coefficient (Wildman–Crippen LogP) is 3.56. The number of hydrogen-bond acceptors (Lipinski definition) is 4. The highest BCUT2D eigenvalue weighted by atomic mass is 16.5. The Bertz CT molecular complexity index is 758. The van der Waals surface area contributed by atoms with Crippen LogP contribution in [0.15, 0.2) is 48.5 Å². The van der Waals surface area contributed by atoms with E-state index in [1.165, 1.54) is 13.0 Å². The van der Waals surface area contributed by atoms with Crippen molar-refractivity contribution < 1.29 is 19.4 Å². The van der Waals surface area contributed by atoms with Crippen LogP contribution in [0.25, 0.3) is 0 Å². The first-order valence-electron chi connectivity index (χ1n) is 8.76. The summed E-state index contributed by atoms with van der Waals surface area (Å²) in [7, 11) is 0. The normalized spacial score (nSPS) is 12.9. The summed E-state index contributed by atoms with van der Waals surface area (Å²) in [6, 6.07) is 14.8. The van der Waals surface area contributed by atoms with Crippen molar-refractivity contribution in [2.45, 2.75) is 39.2 Å². The highest BCUT2D eigenvalue weighted by Gasteiger charge is 2.22. The van der Waals surface area contributed by atoms with Crippen LogP contribution in [0.5, 0.6) is 5.75 Å². The average molecular weight is 355 g/mol. The second-order valence-corrected chi connectivity index (χ2v) is 6.28. The summed E-state index contributed by atoms with van der Waals surface area (Å²) < 4.78 is 5.19. The molecule has 1 amide bonds. The fourth-order valence-corrected chi connectivity index (χ4v) is 2.69. The summed E-state index contributed by atoms with van der Waals surface area (Å²) in [6.07, 6.45) is -0.0639. The number of hydrogen-bond donors (Lipinski definition) is 2. The second-order valence-electron chi connectivity index (χ2n) is 6.28. The maximum atomic E-state index is 12.3. The first-order chi connectivity index (χ1) is 12.4. The summed E-state index contributed by atoms with van der Waals surface area (Å²) in [4.78, 5) is 24.4. The van der Waals surface area contributed by atoms with Gasteiger partial charge >= 0.3 is 5.97 Å². The minimum atomic E-state index is -0.948. The molecule has 5 nitrogen and oxygen atoms in total. The Morgan fingerprint density at radius 1 is 1.12 bits per heavy atom. The minimum Gasteiger partial charge on any atom is -0.507 e. The Labute approximate surface area is 154 Å². The topological polar surface area (TPSA) is 75.6 Å². The standard InChI is InChI=1S/C21H25NO4/c1-4-16(17-10-6-5-7-11-17)13-22-20(24)15(3)26-21(25)18-12-8-9-14(2)19(18)23/h5-12,15-16,23H,4,13H2,1-3H3,(H,22,24)/t15-,16+/m1/s1. The molecule has 0 saturated heterocycles. The Kier molecular flexibility index (Phi) is 6.78. The van der Waals surface area contributed by atoms with Gasteiger partial charge in [-0.05, 0) is 37.5 Å². The number of phenolic OH excluding ortho intramolecular Hbond substituents is 1. The number of aryl methyl sites for hydroxylation is 1. The lowest BCUT2D eigenvalue weighted by atomic mass is 9.96. The summed E-state index contributed by atoms with van der Waals surface area (Å²) in [5.41, 5.74) is 1.79. The molecule has 0 heterocycles. The van der Waals surface area contributed by atoms with Gasteiger partial charge in [-0.3, -0.25) is 4.79 Å². The molecule has 26 heavy (non-hydrogen) atoms. The maximum Gasteiger partial charge on any atom is 0.342 e. The van der Waals surface area contributed by atoms with Crippen molar-refractivity contribution in [2.24, 2.45) is 0 Å². The van der Waals surface area contributed by atoms with Gasteiger partial charge in [0.1, 0.15) is 11.3 Å². The number of ether oxygens (including phenoxy) is 1. The summed E-state index contributed by atoms with van der Waals surface area (Å²) in [6.45, 7) is 5.74. The number of carbonyl (C=O) groups excluding carboxylic acids is 2. The summed E-state index contributed by atoms with van der Waals surface area (Å²) in [5.74, 6) is -1.01. The van der Waals surface area contributed by atoms with Crippen LogP contribution in [-0.2, 0) is 9.53 Å². The molecule has 0 bridgehead atoms. The van der Waals surface area contributed by atoms with E-state index >= 15 is 0 Å². The van der Waals surface area contributed by atoms with Crippen molar-refractivity contribution in [3.05, 3.63) is 65.2 Å². The molecule has 0 aromatic heterocycles. The molecule has 0 spiro atoms. The molecule has 0 aliphatic rings. The minimum absolute atomic E-state index is 0.0559. The molecule has 2 atom stereocenters. The molecule has 138 valence electrons. The van der Waals surface area contributed by atoms with Crippen LogP contribution < -0.4 is 5.32 Å². The molecule has 5 heteroatoms. The second kappa shape index (κ2) is 9.04. The zero-order valence-corrected chi connectivity index (χ0v) is 15.4. The van der Waals surface area contributed by atoms with E-state index in [1.807, 2.05) is 30.3 Å². The quantitative estimate of drug-likeness (QED) is 0.745. The highest BCUT2D eigenvalue weighted by molar-refractivity contribution is 5.94. The van der Waals surface area contributed by atoms with Gasteiger partial charge in [0, 0.05) is 12.5 Å². The van der Waals surface area contributed by atoms with Gasteiger partial charge in [-0.1, -0.05) is 49.4 Å². The van der Waals surface area contributed by atoms with E-state index in [2.05, 4.69) is 12.2 Å². The Hall–Kier alpha value is -2.82. The number of para-hydroxylation sites is 1. The van der Waals surface area contributed by atoms with E-state index in [1.54, 1.807) is 19.1 Å². The van der Waals surface area contributed by atoms with Gasteiger partial charge < -0.3 is 15.2 Å². The molecular formula is C21H25NO4. The molecule has 0 radical (unpaired) electrons. The van der Waals surface area contributed by atoms with Crippen LogP contribution in [0.1, 0.15) is 47.7 Å². The zero-order valence-electron chi connectivity index (χ0n) is 15.4. The Morgan fingerprint density at radius 3 is 2.46 bits per heavy atom. The fraction of sp³-hybridized carbons (Fsp3) is 0.333. The zero-order chi connectivity index (χ0) is 19.1. The lowest BCUT2D eigenvalue weighted by Gasteiger charge is -2.19. The van der Waals surface area contributed by atoms with Crippen molar-refractivity contribution in [3.8, 4) is 5.75 Å². The van der Waals surface area contributed by atoms with Crippen molar-refractivity contribution in [1.29, 1.82) is 0 Å². The Balaban J connectivity index is 1.93. The van der Waals surface area contributed by atoms with E-state index in [4.69, 9.17) is 4.74 Å². The van der Waals surface area contributed by atoms with Gasteiger partial charge in [0.25, 0.3) is 5.91 Å². The van der Waals surface area contributed by atoms with E-state index < -0.39 is 12.1 Å². The molecule has 2 aromatic rings. The molecule has 0 saturated carbocycles. The number of amides is 1. The number of benzene rings is 2. The van der Waals surface area contributed by atoms with Crippen molar-refractivity contribution >= 4 is 11.9 Å². The number of carbonyl (C=O) groups is 2. The smallest absolute Gasteiger partial charge is 0.342 e. The van der Waals surface area contributed by atoms with Crippen LogP contribution in [-0.4, -0.2) is 29.6 Å². The highest BCUT2D eigenvalue weighted by Crippen LogP contribution is 2.22. The summed E-state index contributed by atoms with van der Waals surface area (Å²) >= 11 is 0. The molecular weight excluding hydrogens is 330 g/mol. The third-order valence-electron chi connectivity index (χ3n) is 4.40. The van der Waals surface area contributed by atoms with E-state index in [9.17, 15) is 14.7 Å². The van der Waals surface area contributed by atoms with Crippen molar-refractivity contribution in [3.63, 3.8) is 0 Å². The molecule has 0 unspecified atom stereocenters. The number of nitrogens with one attached hydrogen (secondary N) is 1. The fourth-order valence-electron chi connectivity index (χ4n) is 2.69. The van der Waals surface area contributed by atoms with Crippen molar-refractivity contribution in [1.82, 2.24) is 5.32 Å². The molecule has 2 rings (SSSR count). The predicted molar refractivity (Wildman–Crippen MR) is 100 cm³/mol. The van der Waals surface area contributed by atoms with Crippen LogP contribution in [0.2, 0.25) is 0 Å². The van der Waals surface area contributed by atoms with Crippen molar-refractivity contribution in [2.75, 3.05) is 6.54 Å². The van der Waals surface area contributed by atoms with E-state index in [0.717, 1.165) is 12.0 Å². The van der Waals surface area contributed by atoms with E-state index in [-0.39, 0.29) is 23.1 Å². The molecule has 0 fully saturated rings. The molecule has 2 aromatic carbocycles. The molecule has 2 N–H and O–H groups in total. The van der Waals surface area contributed by atoms with Crippen LogP contribution in [0.4, 0.5) is 0 Å². The first kappa shape index (κ1) is 19.5. The van der Waals surface area contributed by atoms with Crippen LogP contribution in [0.3, 0.4) is 0 Å². The number of phenols is 1. The lowest BCUT2D eigenvalue weighted by molar-refractivity contribution is -0.129. The van der Waals surface area contributed by atoms with Gasteiger partial charge in [-0.2, -0.15) is 0 Å².